The van der Waals surface area contributed by atoms with E-state index in [-0.39, 0.29) is 29.4 Å². The number of benzene rings is 3. The molecule has 3 aromatic rings. The lowest BCUT2D eigenvalue weighted by Crippen LogP contribution is -2.43. The van der Waals surface area contributed by atoms with Crippen LogP contribution in [0.5, 0.6) is 5.75 Å². The van der Waals surface area contributed by atoms with Crippen LogP contribution in [-0.2, 0) is 21.4 Å². The molecule has 3 rings (SSSR count). The zero-order valence-corrected chi connectivity index (χ0v) is 20.0. The molecule has 35 heavy (non-hydrogen) atoms. The molecule has 182 valence electrons. The van der Waals surface area contributed by atoms with E-state index in [4.69, 9.17) is 4.74 Å². The average molecular weight is 496 g/mol. The van der Waals surface area contributed by atoms with Crippen LogP contribution in [0.3, 0.4) is 0 Å². The number of hydrogen-bond donors (Lipinski definition) is 3. The monoisotopic (exact) mass is 495 g/mol. The molecule has 0 aliphatic heterocycles. The van der Waals surface area contributed by atoms with Crippen molar-refractivity contribution in [3.05, 3.63) is 95.1 Å². The van der Waals surface area contributed by atoms with Gasteiger partial charge in [0.25, 0.3) is 11.8 Å². The number of nitrogens with one attached hydrogen (secondary N) is 3. The highest BCUT2D eigenvalue weighted by atomic mass is 32.2. The molecular formula is C25H25N3O6S. The second-order valence-corrected chi connectivity index (χ2v) is 9.48. The largest absolute Gasteiger partial charge is 0.484 e. The van der Waals surface area contributed by atoms with Gasteiger partial charge in [-0.15, -0.1) is 0 Å². The third kappa shape index (κ3) is 7.49. The third-order valence-corrected chi connectivity index (χ3v) is 6.35. The zero-order chi connectivity index (χ0) is 25.4. The number of carbonyl (C=O) groups excluding carboxylic acids is 3. The topological polar surface area (TPSA) is 131 Å². The van der Waals surface area contributed by atoms with Gasteiger partial charge in [0, 0.05) is 17.7 Å². The molecule has 0 aromatic heterocycles. The van der Waals surface area contributed by atoms with Gasteiger partial charge in [-0.2, -0.15) is 0 Å². The van der Waals surface area contributed by atoms with Crippen molar-refractivity contribution in [2.45, 2.75) is 25.3 Å². The Balaban J connectivity index is 1.47. The van der Waals surface area contributed by atoms with Gasteiger partial charge in [0.2, 0.25) is 10.0 Å². The van der Waals surface area contributed by atoms with E-state index < -0.39 is 21.8 Å². The Morgan fingerprint density at radius 2 is 1.51 bits per heavy atom. The first-order valence-corrected chi connectivity index (χ1v) is 12.1. The fourth-order valence-corrected chi connectivity index (χ4v) is 4.01. The summed E-state index contributed by atoms with van der Waals surface area (Å²) in [6, 6.07) is 19.1. The highest BCUT2D eigenvalue weighted by molar-refractivity contribution is 7.89. The minimum Gasteiger partial charge on any atom is -0.484 e. The van der Waals surface area contributed by atoms with Crippen molar-refractivity contribution < 1.29 is 27.5 Å². The van der Waals surface area contributed by atoms with Crippen LogP contribution in [-0.4, -0.2) is 32.6 Å². The minimum absolute atomic E-state index is 0.00568. The number of ether oxygens (including phenoxy) is 1. The van der Waals surface area contributed by atoms with Crippen molar-refractivity contribution in [2.24, 2.45) is 0 Å². The Kier molecular flexibility index (Phi) is 8.34. The lowest BCUT2D eigenvalue weighted by molar-refractivity contribution is -0.123. The molecule has 0 fully saturated rings. The molecule has 0 radical (unpaired) electrons. The molecule has 0 saturated heterocycles. The van der Waals surface area contributed by atoms with E-state index in [1.54, 1.807) is 24.3 Å². The molecule has 0 saturated carbocycles. The molecule has 0 heterocycles. The summed E-state index contributed by atoms with van der Waals surface area (Å²) >= 11 is 0. The van der Waals surface area contributed by atoms with E-state index in [9.17, 15) is 22.8 Å². The molecule has 0 aliphatic rings. The first-order chi connectivity index (χ1) is 16.6. The van der Waals surface area contributed by atoms with Crippen LogP contribution < -0.4 is 20.3 Å². The number of carbonyl (C=O) groups is 3. The van der Waals surface area contributed by atoms with Gasteiger partial charge in [0.15, 0.2) is 12.4 Å². The molecule has 0 unspecified atom stereocenters. The van der Waals surface area contributed by atoms with Crippen molar-refractivity contribution in [3.63, 3.8) is 0 Å². The van der Waals surface area contributed by atoms with Crippen LogP contribution in [0.15, 0.2) is 77.7 Å². The van der Waals surface area contributed by atoms with Crippen molar-refractivity contribution in [1.29, 1.82) is 0 Å². The Morgan fingerprint density at radius 1 is 0.857 bits per heavy atom. The zero-order valence-electron chi connectivity index (χ0n) is 19.2. The minimum atomic E-state index is -3.77. The number of ketones is 1. The van der Waals surface area contributed by atoms with Gasteiger partial charge in [-0.05, 0) is 61.4 Å². The highest BCUT2D eigenvalue weighted by Crippen LogP contribution is 2.13. The summed E-state index contributed by atoms with van der Waals surface area (Å²) in [6.45, 7) is 3.05. The van der Waals surface area contributed by atoms with Crippen molar-refractivity contribution in [2.75, 3.05) is 6.61 Å². The second kappa shape index (κ2) is 11.4. The van der Waals surface area contributed by atoms with Crippen LogP contribution in [0, 0.1) is 6.92 Å². The van der Waals surface area contributed by atoms with E-state index in [1.807, 2.05) is 19.1 Å². The molecule has 0 spiro atoms. The first-order valence-electron chi connectivity index (χ1n) is 10.6. The van der Waals surface area contributed by atoms with E-state index in [0.29, 0.717) is 16.9 Å². The van der Waals surface area contributed by atoms with Gasteiger partial charge in [-0.3, -0.25) is 25.2 Å². The number of amides is 2. The first kappa shape index (κ1) is 25.6. The SMILES string of the molecule is CC(=O)c1ccc(S(=O)(=O)NCc2ccc(C(=O)NNC(=O)COc3cccc(C)c3)cc2)cc1. The van der Waals surface area contributed by atoms with Crippen LogP contribution in [0.2, 0.25) is 0 Å². The number of Topliss-reactive ketones (excluding diaryl/α,β-unsaturated/α-hetero) is 1. The molecular weight excluding hydrogens is 470 g/mol. The predicted octanol–water partition coefficient (Wildman–Crippen LogP) is 2.52. The molecule has 10 heteroatoms. The van der Waals surface area contributed by atoms with Gasteiger partial charge in [-0.25, -0.2) is 13.1 Å². The fraction of sp³-hybridized carbons (Fsp3) is 0.160. The summed E-state index contributed by atoms with van der Waals surface area (Å²) in [5, 5.41) is 0. The maximum Gasteiger partial charge on any atom is 0.276 e. The summed E-state index contributed by atoms with van der Waals surface area (Å²) in [6.07, 6.45) is 0. The maximum absolute atomic E-state index is 12.5. The molecule has 3 N–H and O–H groups in total. The van der Waals surface area contributed by atoms with Crippen LogP contribution >= 0.6 is 0 Å². The summed E-state index contributed by atoms with van der Waals surface area (Å²) in [4.78, 5) is 35.5. The number of hydrazine groups is 1. The summed E-state index contributed by atoms with van der Waals surface area (Å²) in [5.74, 6) is -0.666. The quantitative estimate of drug-likeness (QED) is 0.309. The number of aryl methyl sites for hydroxylation is 1. The van der Waals surface area contributed by atoms with E-state index in [1.165, 1.54) is 43.3 Å². The van der Waals surface area contributed by atoms with Gasteiger partial charge >= 0.3 is 0 Å². The van der Waals surface area contributed by atoms with Crippen LogP contribution in [0.1, 0.15) is 38.8 Å². The third-order valence-electron chi connectivity index (χ3n) is 4.93. The van der Waals surface area contributed by atoms with Crippen molar-refractivity contribution in [1.82, 2.24) is 15.6 Å². The summed E-state index contributed by atoms with van der Waals surface area (Å²) in [5.41, 5.74) is 6.90. The fourth-order valence-electron chi connectivity index (χ4n) is 2.99. The van der Waals surface area contributed by atoms with Gasteiger partial charge in [-0.1, -0.05) is 36.4 Å². The van der Waals surface area contributed by atoms with Crippen LogP contribution in [0.4, 0.5) is 0 Å². The molecule has 2 amide bonds. The lowest BCUT2D eigenvalue weighted by atomic mass is 10.1. The van der Waals surface area contributed by atoms with Crippen molar-refractivity contribution >= 4 is 27.6 Å². The highest BCUT2D eigenvalue weighted by Gasteiger charge is 2.14. The Labute approximate surface area is 203 Å². The van der Waals surface area contributed by atoms with Gasteiger partial charge < -0.3 is 4.74 Å². The number of sulfonamides is 1. The lowest BCUT2D eigenvalue weighted by Gasteiger charge is -2.10. The van der Waals surface area contributed by atoms with Crippen LogP contribution in [0.25, 0.3) is 0 Å². The number of rotatable bonds is 9. The molecule has 3 aromatic carbocycles. The normalized spacial score (nSPS) is 10.9. The number of hydrogen-bond acceptors (Lipinski definition) is 6. The molecule has 9 nitrogen and oxygen atoms in total. The predicted molar refractivity (Wildman–Crippen MR) is 129 cm³/mol. The standard InChI is InChI=1S/C25H25N3O6S/c1-17-4-3-5-22(14-17)34-16-24(30)27-28-25(31)21-8-6-19(7-9-21)15-26-35(32,33)23-12-10-20(11-13-23)18(2)29/h3-14,26H,15-16H2,1-2H3,(H,27,30)(H,28,31). The second-order valence-electron chi connectivity index (χ2n) is 7.71. The van der Waals surface area contributed by atoms with E-state index in [0.717, 1.165) is 5.56 Å². The molecule has 0 bridgehead atoms. The van der Waals surface area contributed by atoms with Gasteiger partial charge in [0.1, 0.15) is 5.75 Å². The Bertz CT molecular complexity index is 1320. The Hall–Kier alpha value is -4.02. The van der Waals surface area contributed by atoms with E-state index >= 15 is 0 Å². The summed E-state index contributed by atoms with van der Waals surface area (Å²) in [7, 11) is -3.77. The summed E-state index contributed by atoms with van der Waals surface area (Å²) < 4.78 is 32.8. The van der Waals surface area contributed by atoms with E-state index in [2.05, 4.69) is 15.6 Å². The molecule has 0 aliphatic carbocycles. The average Bonchev–Trinajstić information content (AvgIpc) is 2.85. The maximum atomic E-state index is 12.5. The smallest absolute Gasteiger partial charge is 0.276 e. The van der Waals surface area contributed by atoms with Gasteiger partial charge in [0.05, 0.1) is 4.90 Å². The molecule has 0 atom stereocenters. The van der Waals surface area contributed by atoms with Crippen molar-refractivity contribution in [3.8, 4) is 5.75 Å². The Morgan fingerprint density at radius 3 is 2.14 bits per heavy atom.